The van der Waals surface area contributed by atoms with Gasteiger partial charge in [-0.2, -0.15) is 18.2 Å². The van der Waals surface area contributed by atoms with E-state index in [1.54, 1.807) is 29.0 Å². The van der Waals surface area contributed by atoms with Crippen molar-refractivity contribution in [1.29, 1.82) is 0 Å². The third-order valence-electron chi connectivity index (χ3n) is 3.81. The molecule has 0 unspecified atom stereocenters. The summed E-state index contributed by atoms with van der Waals surface area (Å²) >= 11 is 0. The molecule has 0 N–H and O–H groups in total. The van der Waals surface area contributed by atoms with Gasteiger partial charge in [0.25, 0.3) is 5.91 Å². The van der Waals surface area contributed by atoms with Crippen molar-refractivity contribution in [3.63, 3.8) is 0 Å². The third-order valence-corrected chi connectivity index (χ3v) is 3.81. The van der Waals surface area contributed by atoms with E-state index in [0.29, 0.717) is 18.5 Å². The molecular formula is C17H14F4N2O. The summed E-state index contributed by atoms with van der Waals surface area (Å²) in [5, 5.41) is 0. The van der Waals surface area contributed by atoms with Gasteiger partial charge in [0.2, 0.25) is 0 Å². The Labute approximate surface area is 135 Å². The Morgan fingerprint density at radius 1 is 1.17 bits per heavy atom. The molecule has 0 saturated heterocycles. The molecule has 1 heterocycles. The van der Waals surface area contributed by atoms with Crippen LogP contribution in [-0.4, -0.2) is 10.5 Å². The van der Waals surface area contributed by atoms with Gasteiger partial charge in [0.15, 0.2) is 0 Å². The number of amides is 1. The lowest BCUT2D eigenvalue weighted by Gasteiger charge is -2.11. The second-order valence-corrected chi connectivity index (χ2v) is 5.73. The topological polar surface area (TPSA) is 34.4 Å². The first-order valence-electron chi connectivity index (χ1n) is 7.46. The normalized spacial score (nSPS) is 15.6. The van der Waals surface area contributed by atoms with Gasteiger partial charge in [-0.3, -0.25) is 4.79 Å². The van der Waals surface area contributed by atoms with Crippen molar-refractivity contribution in [2.75, 3.05) is 0 Å². The van der Waals surface area contributed by atoms with Crippen LogP contribution in [0.4, 0.5) is 17.6 Å². The molecule has 1 amide bonds. The summed E-state index contributed by atoms with van der Waals surface area (Å²) in [7, 11) is 0. The molecule has 0 atom stereocenters. The van der Waals surface area contributed by atoms with Crippen LogP contribution in [-0.2, 0) is 12.7 Å². The molecular weight excluding hydrogens is 324 g/mol. The third kappa shape index (κ3) is 3.55. The fraction of sp³-hybridized carbons (Fsp3) is 0.294. The SMILES string of the molecule is O=C(N=c1ccccn1CC1CC1)c1cccc(F)c1C(F)(F)F. The van der Waals surface area contributed by atoms with Crippen LogP contribution in [0.1, 0.15) is 28.8 Å². The lowest BCUT2D eigenvalue weighted by molar-refractivity contribution is -0.140. The highest BCUT2D eigenvalue weighted by Crippen LogP contribution is 2.34. The number of halogens is 4. The Morgan fingerprint density at radius 2 is 1.92 bits per heavy atom. The van der Waals surface area contributed by atoms with Crippen LogP contribution in [0, 0.1) is 11.7 Å². The molecule has 3 nitrogen and oxygen atoms in total. The van der Waals surface area contributed by atoms with E-state index in [4.69, 9.17) is 0 Å². The summed E-state index contributed by atoms with van der Waals surface area (Å²) in [6, 6.07) is 7.63. The molecule has 1 fully saturated rings. The molecule has 126 valence electrons. The molecule has 2 aromatic rings. The van der Waals surface area contributed by atoms with E-state index in [1.165, 1.54) is 0 Å². The van der Waals surface area contributed by atoms with Gasteiger partial charge in [-0.25, -0.2) is 4.39 Å². The number of alkyl halides is 3. The van der Waals surface area contributed by atoms with Gasteiger partial charge >= 0.3 is 6.18 Å². The fourth-order valence-corrected chi connectivity index (χ4v) is 2.46. The van der Waals surface area contributed by atoms with E-state index >= 15 is 0 Å². The highest BCUT2D eigenvalue weighted by molar-refractivity contribution is 5.96. The van der Waals surface area contributed by atoms with E-state index in [1.807, 2.05) is 0 Å². The maximum Gasteiger partial charge on any atom is 0.420 e. The van der Waals surface area contributed by atoms with Crippen molar-refractivity contribution in [1.82, 2.24) is 4.57 Å². The Balaban J connectivity index is 2.04. The minimum atomic E-state index is -4.97. The first-order valence-corrected chi connectivity index (χ1v) is 7.46. The monoisotopic (exact) mass is 338 g/mol. The van der Waals surface area contributed by atoms with Crippen molar-refractivity contribution in [2.24, 2.45) is 10.9 Å². The number of carbonyl (C=O) groups is 1. The van der Waals surface area contributed by atoms with Gasteiger partial charge in [0.05, 0.1) is 5.56 Å². The molecule has 0 spiro atoms. The van der Waals surface area contributed by atoms with Crippen LogP contribution in [0.5, 0.6) is 0 Å². The lowest BCUT2D eigenvalue weighted by atomic mass is 10.1. The van der Waals surface area contributed by atoms with Gasteiger partial charge in [0.1, 0.15) is 16.9 Å². The predicted octanol–water partition coefficient (Wildman–Crippen LogP) is 3.80. The first kappa shape index (κ1) is 16.4. The predicted molar refractivity (Wildman–Crippen MR) is 78.5 cm³/mol. The molecule has 24 heavy (non-hydrogen) atoms. The van der Waals surface area contributed by atoms with Crippen molar-refractivity contribution < 1.29 is 22.4 Å². The molecule has 1 saturated carbocycles. The van der Waals surface area contributed by atoms with Crippen molar-refractivity contribution in [3.8, 4) is 0 Å². The smallest absolute Gasteiger partial charge is 0.333 e. The van der Waals surface area contributed by atoms with Gasteiger partial charge < -0.3 is 4.57 Å². The van der Waals surface area contributed by atoms with Crippen LogP contribution >= 0.6 is 0 Å². The summed E-state index contributed by atoms with van der Waals surface area (Å²) < 4.78 is 54.4. The van der Waals surface area contributed by atoms with Crippen molar-refractivity contribution in [3.05, 3.63) is 65.0 Å². The van der Waals surface area contributed by atoms with Gasteiger partial charge in [-0.15, -0.1) is 0 Å². The Bertz CT molecular complexity index is 835. The molecule has 3 rings (SSSR count). The number of hydrogen-bond donors (Lipinski definition) is 0. The largest absolute Gasteiger partial charge is 0.420 e. The summed E-state index contributed by atoms with van der Waals surface area (Å²) in [5.41, 5.74) is -2.11. The number of pyridine rings is 1. The second kappa shape index (κ2) is 6.22. The van der Waals surface area contributed by atoms with Crippen LogP contribution in [0.3, 0.4) is 0 Å². The standard InChI is InChI=1S/C17H14F4N2O/c18-13-5-3-4-12(15(13)17(19,20)21)16(24)22-14-6-1-2-9-23(14)10-11-7-8-11/h1-6,9,11H,7-8,10H2. The summed E-state index contributed by atoms with van der Waals surface area (Å²) in [5.74, 6) is -2.10. The number of nitrogens with zero attached hydrogens (tertiary/aromatic N) is 2. The highest BCUT2D eigenvalue weighted by atomic mass is 19.4. The number of benzene rings is 1. The molecule has 0 radical (unpaired) electrons. The van der Waals surface area contributed by atoms with Gasteiger partial charge in [-0.1, -0.05) is 12.1 Å². The maximum absolute atomic E-state index is 13.6. The van der Waals surface area contributed by atoms with E-state index in [0.717, 1.165) is 25.0 Å². The zero-order chi connectivity index (χ0) is 17.3. The quantitative estimate of drug-likeness (QED) is 0.784. The van der Waals surface area contributed by atoms with Crippen molar-refractivity contribution in [2.45, 2.75) is 25.6 Å². The summed E-state index contributed by atoms with van der Waals surface area (Å²) in [6.45, 7) is 0.655. The maximum atomic E-state index is 13.6. The molecule has 1 aromatic heterocycles. The van der Waals surface area contributed by atoms with Crippen LogP contribution in [0.25, 0.3) is 0 Å². The second-order valence-electron chi connectivity index (χ2n) is 5.73. The molecule has 0 bridgehead atoms. The van der Waals surface area contributed by atoms with Gasteiger partial charge in [0, 0.05) is 12.7 Å². The lowest BCUT2D eigenvalue weighted by Crippen LogP contribution is -2.23. The van der Waals surface area contributed by atoms with E-state index in [9.17, 15) is 22.4 Å². The van der Waals surface area contributed by atoms with Crippen LogP contribution in [0.15, 0.2) is 47.6 Å². The van der Waals surface area contributed by atoms with Crippen LogP contribution in [0.2, 0.25) is 0 Å². The van der Waals surface area contributed by atoms with E-state index in [-0.39, 0.29) is 5.49 Å². The molecule has 1 aromatic carbocycles. The average molecular weight is 338 g/mol. The molecule has 0 aliphatic heterocycles. The fourth-order valence-electron chi connectivity index (χ4n) is 2.46. The van der Waals surface area contributed by atoms with E-state index < -0.39 is 29.0 Å². The summed E-state index contributed by atoms with van der Waals surface area (Å²) in [4.78, 5) is 16.0. The van der Waals surface area contributed by atoms with E-state index in [2.05, 4.69) is 4.99 Å². The molecule has 1 aliphatic rings. The highest BCUT2D eigenvalue weighted by Gasteiger charge is 2.38. The number of aromatic nitrogens is 1. The Kier molecular flexibility index (Phi) is 4.26. The number of carbonyl (C=O) groups excluding carboxylic acids is 1. The Hall–Kier alpha value is -2.44. The van der Waals surface area contributed by atoms with Crippen LogP contribution < -0.4 is 5.49 Å². The zero-order valence-corrected chi connectivity index (χ0v) is 12.6. The minimum Gasteiger partial charge on any atom is -0.333 e. The average Bonchev–Trinajstić information content (AvgIpc) is 3.31. The summed E-state index contributed by atoms with van der Waals surface area (Å²) in [6.07, 6.45) is -1.08. The van der Waals surface area contributed by atoms with Gasteiger partial charge in [-0.05, 0) is 43.0 Å². The first-order chi connectivity index (χ1) is 11.4. The minimum absolute atomic E-state index is 0.256. The van der Waals surface area contributed by atoms with Crippen molar-refractivity contribution >= 4 is 5.91 Å². The number of hydrogen-bond acceptors (Lipinski definition) is 1. The molecule has 7 heteroatoms. The zero-order valence-electron chi connectivity index (χ0n) is 12.6. The Morgan fingerprint density at radius 3 is 2.58 bits per heavy atom. The number of rotatable bonds is 3. The molecule has 1 aliphatic carbocycles.